The van der Waals surface area contributed by atoms with Crippen LogP contribution in [0.1, 0.15) is 15.5 Å². The number of carboxylic acids is 1. The highest BCUT2D eigenvalue weighted by atomic mass is 32.1. The van der Waals surface area contributed by atoms with E-state index in [1.807, 2.05) is 18.4 Å². The van der Waals surface area contributed by atoms with E-state index in [9.17, 15) is 4.79 Å². The van der Waals surface area contributed by atoms with E-state index in [1.165, 1.54) is 0 Å². The van der Waals surface area contributed by atoms with Crippen LogP contribution in [0, 0.1) is 6.92 Å². The van der Waals surface area contributed by atoms with Gasteiger partial charge < -0.3 is 9.63 Å². The second-order valence-corrected chi connectivity index (χ2v) is 3.79. The van der Waals surface area contributed by atoms with Crippen LogP contribution in [0.5, 0.6) is 0 Å². The fourth-order valence-corrected chi connectivity index (χ4v) is 1.66. The van der Waals surface area contributed by atoms with Crippen LogP contribution in [0.15, 0.2) is 16.0 Å². The fourth-order valence-electron chi connectivity index (χ4n) is 0.983. The molecule has 0 fully saturated rings. The third-order valence-electron chi connectivity index (χ3n) is 1.59. The molecule has 2 aromatic heterocycles. The maximum Gasteiger partial charge on any atom is 0.377 e. The number of rotatable bonds is 2. The molecule has 72 valence electrons. The van der Waals surface area contributed by atoms with Crippen molar-refractivity contribution in [1.29, 1.82) is 0 Å². The predicted octanol–water partition coefficient (Wildman–Crippen LogP) is 1.80. The summed E-state index contributed by atoms with van der Waals surface area (Å²) < 4.78 is 4.79. The minimum atomic E-state index is -1.19. The molecule has 2 aromatic rings. The van der Waals surface area contributed by atoms with E-state index in [4.69, 9.17) is 9.63 Å². The van der Waals surface area contributed by atoms with Crippen molar-refractivity contribution in [2.75, 3.05) is 0 Å². The van der Waals surface area contributed by atoms with E-state index in [2.05, 4.69) is 10.1 Å². The molecule has 1 N–H and O–H groups in total. The topological polar surface area (TPSA) is 76.2 Å². The summed E-state index contributed by atoms with van der Waals surface area (Å²) in [5.74, 6) is -1.26. The lowest BCUT2D eigenvalue weighted by Gasteiger charge is -1.82. The summed E-state index contributed by atoms with van der Waals surface area (Å²) in [6.45, 7) is 1.95. The second-order valence-electron chi connectivity index (χ2n) is 2.67. The zero-order chi connectivity index (χ0) is 10.1. The number of hydrogen-bond donors (Lipinski definition) is 1. The van der Waals surface area contributed by atoms with Crippen LogP contribution in [0.2, 0.25) is 0 Å². The Balaban J connectivity index is 2.38. The lowest BCUT2D eigenvalue weighted by Crippen LogP contribution is -1.98. The van der Waals surface area contributed by atoms with Crippen molar-refractivity contribution in [3.63, 3.8) is 0 Å². The van der Waals surface area contributed by atoms with E-state index >= 15 is 0 Å². The molecule has 0 spiro atoms. The molecule has 0 aromatic carbocycles. The van der Waals surface area contributed by atoms with Crippen molar-refractivity contribution in [2.45, 2.75) is 6.92 Å². The molecule has 0 aliphatic heterocycles. The molecule has 2 rings (SSSR count). The van der Waals surface area contributed by atoms with E-state index in [-0.39, 0.29) is 11.7 Å². The van der Waals surface area contributed by atoms with Crippen LogP contribution in [-0.4, -0.2) is 21.2 Å². The molecule has 0 unspecified atom stereocenters. The first kappa shape index (κ1) is 8.89. The summed E-state index contributed by atoms with van der Waals surface area (Å²) in [6.07, 6.45) is 0. The van der Waals surface area contributed by atoms with Gasteiger partial charge in [0.2, 0.25) is 0 Å². The van der Waals surface area contributed by atoms with Gasteiger partial charge in [0.05, 0.1) is 5.56 Å². The van der Waals surface area contributed by atoms with Crippen LogP contribution in [-0.2, 0) is 0 Å². The molecule has 0 bridgehead atoms. The van der Waals surface area contributed by atoms with Gasteiger partial charge in [-0.3, -0.25) is 0 Å². The van der Waals surface area contributed by atoms with Crippen molar-refractivity contribution in [1.82, 2.24) is 10.1 Å². The summed E-state index contributed by atoms with van der Waals surface area (Å²) in [6, 6.07) is 1.86. The summed E-state index contributed by atoms with van der Waals surface area (Å²) >= 11 is 1.54. The third-order valence-corrected chi connectivity index (χ3v) is 2.46. The fraction of sp³-hybridized carbons (Fsp3) is 0.125. The Morgan fingerprint density at radius 2 is 2.43 bits per heavy atom. The maximum absolute atomic E-state index is 10.5. The van der Waals surface area contributed by atoms with Crippen molar-refractivity contribution in [3.05, 3.63) is 22.1 Å². The first-order chi connectivity index (χ1) is 6.66. The van der Waals surface area contributed by atoms with Crippen molar-refractivity contribution in [2.24, 2.45) is 0 Å². The number of aryl methyl sites for hydroxylation is 1. The smallest absolute Gasteiger partial charge is 0.377 e. The van der Waals surface area contributed by atoms with Crippen molar-refractivity contribution >= 4 is 17.3 Å². The van der Waals surface area contributed by atoms with Crippen LogP contribution in [0.25, 0.3) is 11.5 Å². The second kappa shape index (κ2) is 3.22. The van der Waals surface area contributed by atoms with Crippen LogP contribution in [0.4, 0.5) is 0 Å². The van der Waals surface area contributed by atoms with Crippen molar-refractivity contribution < 1.29 is 14.4 Å². The Morgan fingerprint density at radius 1 is 1.64 bits per heavy atom. The molecule has 5 nitrogen and oxygen atoms in total. The van der Waals surface area contributed by atoms with Crippen molar-refractivity contribution in [3.8, 4) is 11.5 Å². The summed E-state index contributed by atoms with van der Waals surface area (Å²) in [4.78, 5) is 15.3. The standard InChI is InChI=1S/C8H6N2O3S/c1-4-2-5(3-14-4)7-9-6(8(11)12)10-13-7/h2-3H,1H3,(H,11,12). The minimum Gasteiger partial charge on any atom is -0.475 e. The van der Waals surface area contributed by atoms with E-state index < -0.39 is 5.97 Å². The Morgan fingerprint density at radius 3 is 2.93 bits per heavy atom. The molecule has 0 amide bonds. The van der Waals surface area contributed by atoms with E-state index in [0.29, 0.717) is 0 Å². The molecule has 0 saturated heterocycles. The summed E-state index contributed by atoms with van der Waals surface area (Å²) in [7, 11) is 0. The number of carbonyl (C=O) groups is 1. The predicted molar refractivity (Wildman–Crippen MR) is 49.3 cm³/mol. The normalized spacial score (nSPS) is 10.4. The van der Waals surface area contributed by atoms with Gasteiger partial charge in [-0.05, 0) is 18.1 Å². The van der Waals surface area contributed by atoms with Gasteiger partial charge in [-0.2, -0.15) is 4.98 Å². The highest BCUT2D eigenvalue weighted by molar-refractivity contribution is 7.10. The number of aromatic nitrogens is 2. The molecule has 0 saturated carbocycles. The highest BCUT2D eigenvalue weighted by Crippen LogP contribution is 2.23. The first-order valence-corrected chi connectivity index (χ1v) is 4.67. The first-order valence-electron chi connectivity index (χ1n) is 3.79. The number of carboxylic acid groups (broad SMARTS) is 1. The molecule has 6 heteroatoms. The lowest BCUT2D eigenvalue weighted by molar-refractivity contribution is 0.0680. The van der Waals surface area contributed by atoms with Gasteiger partial charge >= 0.3 is 5.97 Å². The number of hydrogen-bond acceptors (Lipinski definition) is 5. The maximum atomic E-state index is 10.5. The van der Waals surface area contributed by atoms with Gasteiger partial charge in [-0.1, -0.05) is 0 Å². The third kappa shape index (κ3) is 1.51. The lowest BCUT2D eigenvalue weighted by atomic mass is 10.3. The Kier molecular flexibility index (Phi) is 2.05. The monoisotopic (exact) mass is 210 g/mol. The molecule has 0 radical (unpaired) electrons. The summed E-state index contributed by atoms with van der Waals surface area (Å²) in [5.41, 5.74) is 0.757. The Hall–Kier alpha value is -1.69. The van der Waals surface area contributed by atoms with Gasteiger partial charge in [0.25, 0.3) is 11.7 Å². The number of nitrogens with zero attached hydrogens (tertiary/aromatic N) is 2. The van der Waals surface area contributed by atoms with Gasteiger partial charge in [-0.25, -0.2) is 4.79 Å². The van der Waals surface area contributed by atoms with Gasteiger partial charge in [-0.15, -0.1) is 11.3 Å². The Labute approximate surface area is 83.0 Å². The quantitative estimate of drug-likeness (QED) is 0.817. The highest BCUT2D eigenvalue weighted by Gasteiger charge is 2.14. The molecule has 2 heterocycles. The molecular formula is C8H6N2O3S. The number of aromatic carboxylic acids is 1. The van der Waals surface area contributed by atoms with Gasteiger partial charge in [0, 0.05) is 10.3 Å². The summed E-state index contributed by atoms with van der Waals surface area (Å²) in [5, 5.41) is 13.7. The zero-order valence-electron chi connectivity index (χ0n) is 7.22. The molecule has 14 heavy (non-hydrogen) atoms. The largest absolute Gasteiger partial charge is 0.475 e. The van der Waals surface area contributed by atoms with E-state index in [1.54, 1.807) is 11.3 Å². The molecule has 0 atom stereocenters. The van der Waals surface area contributed by atoms with Crippen LogP contribution >= 0.6 is 11.3 Å². The van der Waals surface area contributed by atoms with Crippen LogP contribution in [0.3, 0.4) is 0 Å². The van der Waals surface area contributed by atoms with Gasteiger partial charge in [0.15, 0.2) is 0 Å². The molecule has 0 aliphatic carbocycles. The molecule has 0 aliphatic rings. The van der Waals surface area contributed by atoms with Gasteiger partial charge in [0.1, 0.15) is 0 Å². The van der Waals surface area contributed by atoms with Crippen LogP contribution < -0.4 is 0 Å². The average Bonchev–Trinajstić information content (AvgIpc) is 2.70. The molecular weight excluding hydrogens is 204 g/mol. The zero-order valence-corrected chi connectivity index (χ0v) is 8.04. The minimum absolute atomic E-state index is 0.242. The van der Waals surface area contributed by atoms with E-state index in [0.717, 1.165) is 10.4 Å². The Bertz CT molecular complexity index is 474. The average molecular weight is 210 g/mol. The SMILES string of the molecule is Cc1cc(-c2nc(C(=O)O)no2)cs1. The number of thiophene rings is 1.